The van der Waals surface area contributed by atoms with Gasteiger partial charge in [-0.05, 0) is 62.1 Å². The average molecular weight is 467 g/mol. The molecule has 0 aliphatic carbocycles. The minimum atomic E-state index is -3.58. The zero-order valence-corrected chi connectivity index (χ0v) is 20.4. The Morgan fingerprint density at radius 2 is 1.79 bits per heavy atom. The van der Waals surface area contributed by atoms with Crippen molar-refractivity contribution in [3.05, 3.63) is 65.2 Å². The molecular formula is C27H34N2O3S. The SMILES string of the molecule is CCCC#Cc1ccc([C@@H]2[C@H](CO)N3CCCCN(S(=O)(=O)c4ccccc4C)C[C@@H]23)cc1. The summed E-state index contributed by atoms with van der Waals surface area (Å²) in [4.78, 5) is 2.70. The van der Waals surface area contributed by atoms with Crippen LogP contribution in [-0.2, 0) is 10.0 Å². The number of nitrogens with zero attached hydrogens (tertiary/aromatic N) is 2. The predicted molar refractivity (Wildman–Crippen MR) is 132 cm³/mol. The van der Waals surface area contributed by atoms with Crippen LogP contribution in [0.15, 0.2) is 53.4 Å². The zero-order chi connectivity index (χ0) is 23.4. The van der Waals surface area contributed by atoms with Gasteiger partial charge in [0.1, 0.15) is 0 Å². The molecule has 2 heterocycles. The van der Waals surface area contributed by atoms with E-state index >= 15 is 0 Å². The van der Waals surface area contributed by atoms with E-state index in [9.17, 15) is 13.5 Å². The molecule has 2 aliphatic heterocycles. The van der Waals surface area contributed by atoms with Crippen molar-refractivity contribution in [3.8, 4) is 11.8 Å². The van der Waals surface area contributed by atoms with E-state index in [2.05, 4.69) is 35.8 Å². The lowest BCUT2D eigenvalue weighted by molar-refractivity contribution is -0.0553. The van der Waals surface area contributed by atoms with E-state index in [1.807, 2.05) is 31.2 Å². The first-order chi connectivity index (χ1) is 16.0. The zero-order valence-electron chi connectivity index (χ0n) is 19.6. The van der Waals surface area contributed by atoms with Gasteiger partial charge in [-0.3, -0.25) is 4.90 Å². The summed E-state index contributed by atoms with van der Waals surface area (Å²) >= 11 is 0. The third-order valence-electron chi connectivity index (χ3n) is 6.95. The molecule has 0 saturated carbocycles. The first-order valence-electron chi connectivity index (χ1n) is 12.0. The highest BCUT2D eigenvalue weighted by Crippen LogP contribution is 2.42. The molecule has 0 amide bonds. The second-order valence-corrected chi connectivity index (χ2v) is 11.0. The van der Waals surface area contributed by atoms with Crippen molar-refractivity contribution in [2.45, 2.75) is 62.4 Å². The van der Waals surface area contributed by atoms with E-state index in [-0.39, 0.29) is 24.6 Å². The van der Waals surface area contributed by atoms with Crippen LogP contribution in [0.5, 0.6) is 0 Å². The van der Waals surface area contributed by atoms with E-state index in [0.29, 0.717) is 18.0 Å². The van der Waals surface area contributed by atoms with Gasteiger partial charge >= 0.3 is 0 Å². The second kappa shape index (κ2) is 10.4. The van der Waals surface area contributed by atoms with Gasteiger partial charge in [-0.1, -0.05) is 49.1 Å². The molecule has 1 N–H and O–H groups in total. The summed E-state index contributed by atoms with van der Waals surface area (Å²) in [6.45, 7) is 5.91. The molecule has 0 unspecified atom stereocenters. The molecule has 0 spiro atoms. The molecule has 3 atom stereocenters. The highest BCUT2D eigenvalue weighted by molar-refractivity contribution is 7.89. The molecule has 2 aliphatic rings. The number of aryl methyl sites for hydroxylation is 1. The minimum absolute atomic E-state index is 0.0214. The van der Waals surface area contributed by atoms with E-state index in [4.69, 9.17) is 0 Å². The summed E-state index contributed by atoms with van der Waals surface area (Å²) in [5, 5.41) is 10.2. The molecule has 4 rings (SSSR count). The highest BCUT2D eigenvalue weighted by atomic mass is 32.2. The fourth-order valence-electron chi connectivity index (χ4n) is 5.19. The monoisotopic (exact) mass is 466 g/mol. The Morgan fingerprint density at radius 3 is 2.48 bits per heavy atom. The van der Waals surface area contributed by atoms with Crippen LogP contribution in [-0.4, -0.2) is 61.1 Å². The lowest BCUT2D eigenvalue weighted by Gasteiger charge is -2.57. The number of hydrogen-bond donors (Lipinski definition) is 1. The quantitative estimate of drug-likeness (QED) is 0.682. The minimum Gasteiger partial charge on any atom is -0.395 e. The Bertz CT molecular complexity index is 1120. The lowest BCUT2D eigenvalue weighted by atomic mass is 9.74. The lowest BCUT2D eigenvalue weighted by Crippen LogP contribution is -2.67. The number of unbranched alkanes of at least 4 members (excludes halogenated alkanes) is 1. The van der Waals surface area contributed by atoms with E-state index in [0.717, 1.165) is 48.9 Å². The van der Waals surface area contributed by atoms with Gasteiger partial charge in [-0.2, -0.15) is 4.31 Å². The van der Waals surface area contributed by atoms with Crippen LogP contribution in [0.2, 0.25) is 0 Å². The third kappa shape index (κ3) is 4.88. The molecule has 2 aromatic carbocycles. The number of aliphatic hydroxyl groups is 1. The number of rotatable bonds is 5. The Labute approximate surface area is 198 Å². The highest BCUT2D eigenvalue weighted by Gasteiger charge is 2.50. The molecular weight excluding hydrogens is 432 g/mol. The number of aliphatic hydroxyl groups excluding tert-OH is 1. The van der Waals surface area contributed by atoms with E-state index in [1.54, 1.807) is 16.4 Å². The first kappa shape index (κ1) is 24.0. The van der Waals surface area contributed by atoms with Crippen LogP contribution >= 0.6 is 0 Å². The molecule has 6 heteroatoms. The standard InChI is InChI=1S/C27H34N2O3S/c1-3-4-5-11-22-13-15-23(16-14-22)27-24-19-28(17-8-9-18-29(24)25(27)20-30)33(31,32)26-12-7-6-10-21(26)2/h6-7,10,12-16,24-25,27,30H,3-4,8-9,17-20H2,1-2H3/t24-,25-,27-/m0/s1. The van der Waals surface area contributed by atoms with Gasteiger partial charge in [0.25, 0.3) is 0 Å². The van der Waals surface area contributed by atoms with Crippen LogP contribution in [0.25, 0.3) is 0 Å². The van der Waals surface area contributed by atoms with Gasteiger partial charge in [-0.25, -0.2) is 8.42 Å². The van der Waals surface area contributed by atoms with Gasteiger partial charge in [0.2, 0.25) is 10.0 Å². The van der Waals surface area contributed by atoms with Crippen LogP contribution in [0.4, 0.5) is 0 Å². The van der Waals surface area contributed by atoms with Crippen molar-refractivity contribution in [1.29, 1.82) is 0 Å². The fraction of sp³-hybridized carbons (Fsp3) is 0.481. The second-order valence-electron chi connectivity index (χ2n) is 9.09. The van der Waals surface area contributed by atoms with Crippen molar-refractivity contribution in [3.63, 3.8) is 0 Å². The van der Waals surface area contributed by atoms with Crippen LogP contribution in [0.1, 0.15) is 55.2 Å². The Hall–Kier alpha value is -2.17. The summed E-state index contributed by atoms with van der Waals surface area (Å²) in [5.41, 5.74) is 2.91. The summed E-state index contributed by atoms with van der Waals surface area (Å²) in [6, 6.07) is 15.6. The molecule has 2 fully saturated rings. The number of sulfonamides is 1. The van der Waals surface area contributed by atoms with E-state index in [1.165, 1.54) is 0 Å². The number of benzene rings is 2. The largest absolute Gasteiger partial charge is 0.395 e. The number of hydrogen-bond acceptors (Lipinski definition) is 4. The first-order valence-corrected chi connectivity index (χ1v) is 13.4. The topological polar surface area (TPSA) is 60.9 Å². The smallest absolute Gasteiger partial charge is 0.243 e. The summed E-state index contributed by atoms with van der Waals surface area (Å²) in [6.07, 6.45) is 3.68. The maximum atomic E-state index is 13.6. The maximum absolute atomic E-state index is 13.6. The molecule has 176 valence electrons. The van der Waals surface area contributed by atoms with Gasteiger partial charge in [-0.15, -0.1) is 0 Å². The molecule has 2 saturated heterocycles. The molecule has 5 nitrogen and oxygen atoms in total. The molecule has 0 aromatic heterocycles. The Balaban J connectivity index is 1.60. The summed E-state index contributed by atoms with van der Waals surface area (Å²) < 4.78 is 28.8. The Kier molecular flexibility index (Phi) is 7.55. The van der Waals surface area contributed by atoms with Crippen molar-refractivity contribution >= 4 is 10.0 Å². The summed E-state index contributed by atoms with van der Waals surface area (Å²) in [5.74, 6) is 6.48. The number of fused-ring (bicyclic) bond motifs is 1. The maximum Gasteiger partial charge on any atom is 0.243 e. The normalized spacial score (nSPS) is 24.0. The predicted octanol–water partition coefficient (Wildman–Crippen LogP) is 3.76. The van der Waals surface area contributed by atoms with Gasteiger partial charge in [0.05, 0.1) is 11.5 Å². The van der Waals surface area contributed by atoms with Gasteiger partial charge in [0.15, 0.2) is 0 Å². The van der Waals surface area contributed by atoms with Crippen LogP contribution in [0.3, 0.4) is 0 Å². The fourth-order valence-corrected chi connectivity index (χ4v) is 6.91. The molecule has 33 heavy (non-hydrogen) atoms. The van der Waals surface area contributed by atoms with Crippen LogP contribution in [0, 0.1) is 18.8 Å². The third-order valence-corrected chi connectivity index (χ3v) is 8.97. The Morgan fingerprint density at radius 1 is 1.06 bits per heavy atom. The summed E-state index contributed by atoms with van der Waals surface area (Å²) in [7, 11) is -3.58. The molecule has 0 bridgehead atoms. The van der Waals surface area contributed by atoms with Crippen LogP contribution < -0.4 is 0 Å². The van der Waals surface area contributed by atoms with Gasteiger partial charge < -0.3 is 5.11 Å². The van der Waals surface area contributed by atoms with Crippen molar-refractivity contribution in [2.24, 2.45) is 0 Å². The van der Waals surface area contributed by atoms with E-state index < -0.39 is 10.0 Å². The molecule has 0 radical (unpaired) electrons. The van der Waals surface area contributed by atoms with Crippen molar-refractivity contribution < 1.29 is 13.5 Å². The van der Waals surface area contributed by atoms with Gasteiger partial charge in [0, 0.05) is 43.1 Å². The van der Waals surface area contributed by atoms with Crippen molar-refractivity contribution in [2.75, 3.05) is 26.2 Å². The molecule has 2 aromatic rings. The van der Waals surface area contributed by atoms with Crippen molar-refractivity contribution in [1.82, 2.24) is 9.21 Å². The average Bonchev–Trinajstić information content (AvgIpc) is 2.79.